The molecule has 1 N–H and O–H groups in total. The number of rotatable bonds is 1. The third-order valence-electron chi connectivity index (χ3n) is 3.16. The highest BCUT2D eigenvalue weighted by molar-refractivity contribution is 5.09. The van der Waals surface area contributed by atoms with E-state index in [9.17, 15) is 0 Å². The van der Waals surface area contributed by atoms with Crippen LogP contribution in [-0.2, 0) is 0 Å². The van der Waals surface area contributed by atoms with E-state index in [-0.39, 0.29) is 0 Å². The molecule has 0 spiro atoms. The van der Waals surface area contributed by atoms with Crippen molar-refractivity contribution in [1.29, 1.82) is 0 Å². The van der Waals surface area contributed by atoms with E-state index in [0.717, 1.165) is 11.7 Å². The molecule has 0 radical (unpaired) electrons. The van der Waals surface area contributed by atoms with Gasteiger partial charge in [0.15, 0.2) is 5.82 Å². The Morgan fingerprint density at radius 3 is 2.92 bits per heavy atom. The Morgan fingerprint density at radius 2 is 2.38 bits per heavy atom. The summed E-state index contributed by atoms with van der Waals surface area (Å²) in [5.74, 6) is 2.05. The fourth-order valence-electron chi connectivity index (χ4n) is 2.56. The fraction of sp³-hybridized carbons (Fsp3) is 0.778. The third-order valence-corrected chi connectivity index (χ3v) is 3.16. The van der Waals surface area contributed by atoms with Gasteiger partial charge in [0, 0.05) is 12.1 Å². The summed E-state index contributed by atoms with van der Waals surface area (Å²) in [6, 6.07) is 1.28. The van der Waals surface area contributed by atoms with Crippen molar-refractivity contribution in [2.75, 3.05) is 0 Å². The Labute approximate surface area is 76.7 Å². The van der Waals surface area contributed by atoms with Crippen molar-refractivity contribution in [2.45, 2.75) is 44.2 Å². The van der Waals surface area contributed by atoms with Crippen molar-refractivity contribution >= 4 is 0 Å². The average molecular weight is 179 g/mol. The lowest BCUT2D eigenvalue weighted by Gasteiger charge is -2.15. The van der Waals surface area contributed by atoms with E-state index in [1.54, 1.807) is 0 Å². The predicted molar refractivity (Wildman–Crippen MR) is 46.3 cm³/mol. The van der Waals surface area contributed by atoms with Gasteiger partial charge in [0.05, 0.1) is 5.92 Å². The van der Waals surface area contributed by atoms with Crippen LogP contribution in [0.25, 0.3) is 0 Å². The summed E-state index contributed by atoms with van der Waals surface area (Å²) in [5, 5.41) is 7.39. The van der Waals surface area contributed by atoms with E-state index in [2.05, 4.69) is 15.5 Å². The molecule has 2 saturated heterocycles. The molecular weight excluding hydrogens is 166 g/mol. The molecule has 2 aliphatic rings. The van der Waals surface area contributed by atoms with Crippen LogP contribution < -0.4 is 5.32 Å². The minimum Gasteiger partial charge on any atom is -0.339 e. The van der Waals surface area contributed by atoms with Gasteiger partial charge >= 0.3 is 0 Å². The highest BCUT2D eigenvalue weighted by Crippen LogP contribution is 2.38. The van der Waals surface area contributed by atoms with E-state index in [0.29, 0.717) is 18.0 Å². The van der Waals surface area contributed by atoms with Gasteiger partial charge in [0.2, 0.25) is 5.89 Å². The van der Waals surface area contributed by atoms with Gasteiger partial charge in [-0.2, -0.15) is 4.98 Å². The van der Waals surface area contributed by atoms with Crippen LogP contribution in [0.4, 0.5) is 0 Å². The molecule has 2 aliphatic heterocycles. The molecule has 0 amide bonds. The maximum atomic E-state index is 5.20. The third kappa shape index (κ3) is 1.09. The molecule has 4 heteroatoms. The van der Waals surface area contributed by atoms with Gasteiger partial charge in [0.1, 0.15) is 0 Å². The van der Waals surface area contributed by atoms with E-state index in [1.165, 1.54) is 19.3 Å². The number of hydrogen-bond acceptors (Lipinski definition) is 4. The van der Waals surface area contributed by atoms with Crippen LogP contribution in [0.5, 0.6) is 0 Å². The maximum absolute atomic E-state index is 5.20. The van der Waals surface area contributed by atoms with Crippen molar-refractivity contribution in [3.8, 4) is 0 Å². The Balaban J connectivity index is 1.87. The maximum Gasteiger partial charge on any atom is 0.231 e. The first-order valence-corrected chi connectivity index (χ1v) is 4.89. The summed E-state index contributed by atoms with van der Waals surface area (Å²) in [4.78, 5) is 4.29. The Morgan fingerprint density at radius 1 is 1.46 bits per heavy atom. The Bertz CT molecular complexity index is 322. The number of fused-ring (bicyclic) bond motifs is 2. The number of hydrogen-bond donors (Lipinski definition) is 1. The first-order valence-electron chi connectivity index (χ1n) is 4.89. The van der Waals surface area contributed by atoms with Crippen LogP contribution >= 0.6 is 0 Å². The first kappa shape index (κ1) is 7.50. The highest BCUT2D eigenvalue weighted by atomic mass is 16.5. The number of aromatic nitrogens is 2. The van der Waals surface area contributed by atoms with Crippen molar-refractivity contribution < 1.29 is 4.52 Å². The van der Waals surface area contributed by atoms with Gasteiger partial charge in [-0.05, 0) is 26.2 Å². The minimum absolute atomic E-state index is 0.472. The number of nitrogens with zero attached hydrogens (tertiary/aromatic N) is 2. The summed E-state index contributed by atoms with van der Waals surface area (Å²) in [6.07, 6.45) is 3.75. The van der Waals surface area contributed by atoms with Crippen molar-refractivity contribution in [2.24, 2.45) is 0 Å². The first-order chi connectivity index (χ1) is 6.33. The molecule has 4 nitrogen and oxygen atoms in total. The smallest absolute Gasteiger partial charge is 0.231 e. The Kier molecular flexibility index (Phi) is 1.47. The molecule has 2 fully saturated rings. The lowest BCUT2D eigenvalue weighted by atomic mass is 9.89. The highest BCUT2D eigenvalue weighted by Gasteiger charge is 2.42. The second-order valence-corrected chi connectivity index (χ2v) is 4.07. The standard InChI is InChI=1S/C9H13N3O/c1-5-10-9(13-12-5)7-4-6-2-3-8(7)11-6/h6-8,11H,2-4H2,1H3/t6?,7-,8-/m1/s1. The molecule has 2 bridgehead atoms. The van der Waals surface area contributed by atoms with Gasteiger partial charge in [-0.3, -0.25) is 0 Å². The van der Waals surface area contributed by atoms with Gasteiger partial charge in [-0.1, -0.05) is 5.16 Å². The average Bonchev–Trinajstić information content (AvgIpc) is 2.77. The van der Waals surface area contributed by atoms with Crippen molar-refractivity contribution in [3.63, 3.8) is 0 Å². The van der Waals surface area contributed by atoms with Gasteiger partial charge in [-0.25, -0.2) is 0 Å². The fourth-order valence-corrected chi connectivity index (χ4v) is 2.56. The lowest BCUT2D eigenvalue weighted by molar-refractivity contribution is 0.327. The Hall–Kier alpha value is -0.900. The lowest BCUT2D eigenvalue weighted by Crippen LogP contribution is -2.21. The molecule has 3 rings (SSSR count). The van der Waals surface area contributed by atoms with Crippen LogP contribution in [0.15, 0.2) is 4.52 Å². The number of aryl methyl sites for hydroxylation is 1. The molecule has 13 heavy (non-hydrogen) atoms. The zero-order chi connectivity index (χ0) is 8.84. The van der Waals surface area contributed by atoms with E-state index < -0.39 is 0 Å². The van der Waals surface area contributed by atoms with Crippen LogP contribution in [0.1, 0.15) is 36.9 Å². The topological polar surface area (TPSA) is 51.0 Å². The monoisotopic (exact) mass is 179 g/mol. The normalized spacial score (nSPS) is 37.2. The second kappa shape index (κ2) is 2.54. The van der Waals surface area contributed by atoms with Crippen molar-refractivity contribution in [3.05, 3.63) is 11.7 Å². The summed E-state index contributed by atoms with van der Waals surface area (Å²) in [5.41, 5.74) is 0. The predicted octanol–water partition coefficient (Wildman–Crippen LogP) is 0.986. The van der Waals surface area contributed by atoms with Gasteiger partial charge in [0.25, 0.3) is 0 Å². The second-order valence-electron chi connectivity index (χ2n) is 4.07. The van der Waals surface area contributed by atoms with E-state index in [1.807, 2.05) is 6.92 Å². The van der Waals surface area contributed by atoms with Crippen LogP contribution in [-0.4, -0.2) is 22.2 Å². The molecule has 0 aliphatic carbocycles. The molecule has 70 valence electrons. The van der Waals surface area contributed by atoms with Crippen LogP contribution in [0.3, 0.4) is 0 Å². The summed E-state index contributed by atoms with van der Waals surface area (Å²) in [7, 11) is 0. The van der Waals surface area contributed by atoms with Crippen LogP contribution in [0, 0.1) is 6.92 Å². The molecule has 1 aromatic rings. The van der Waals surface area contributed by atoms with E-state index in [4.69, 9.17) is 4.52 Å². The molecule has 1 unspecified atom stereocenters. The van der Waals surface area contributed by atoms with Gasteiger partial charge in [-0.15, -0.1) is 0 Å². The van der Waals surface area contributed by atoms with Crippen LogP contribution in [0.2, 0.25) is 0 Å². The zero-order valence-electron chi connectivity index (χ0n) is 7.66. The largest absolute Gasteiger partial charge is 0.339 e. The quantitative estimate of drug-likeness (QED) is 0.698. The zero-order valence-corrected chi connectivity index (χ0v) is 7.66. The molecule has 0 saturated carbocycles. The molecule has 3 atom stereocenters. The SMILES string of the molecule is Cc1noc([C@@H]2CC3CC[C@H]2N3)n1. The van der Waals surface area contributed by atoms with E-state index >= 15 is 0 Å². The van der Waals surface area contributed by atoms with Crippen molar-refractivity contribution in [1.82, 2.24) is 15.5 Å². The number of nitrogens with one attached hydrogen (secondary N) is 1. The summed E-state index contributed by atoms with van der Waals surface area (Å²) >= 11 is 0. The molecule has 1 aromatic heterocycles. The minimum atomic E-state index is 0.472. The molecule has 0 aromatic carbocycles. The van der Waals surface area contributed by atoms with Gasteiger partial charge < -0.3 is 9.84 Å². The summed E-state index contributed by atoms with van der Waals surface area (Å²) < 4.78 is 5.20. The molecular formula is C9H13N3O. The molecule has 3 heterocycles. The summed E-state index contributed by atoms with van der Waals surface area (Å²) in [6.45, 7) is 1.87.